The Labute approximate surface area is 135 Å². The van der Waals surface area contributed by atoms with Crippen LogP contribution in [-0.2, 0) is 14.3 Å². The van der Waals surface area contributed by atoms with Crippen molar-refractivity contribution in [3.05, 3.63) is 0 Å². The molecule has 22 heavy (non-hydrogen) atoms. The Kier molecular flexibility index (Phi) is 15.5. The Hall–Kier alpha value is -1.06. The SMILES string of the molecule is CCOC(=O)CCCCCCCCCCCCCCC(=O)[O-]. The third-order valence-corrected chi connectivity index (χ3v) is 3.82. The Balaban J connectivity index is 3.05. The van der Waals surface area contributed by atoms with Gasteiger partial charge in [-0.3, -0.25) is 4.79 Å². The summed E-state index contributed by atoms with van der Waals surface area (Å²) in [6, 6.07) is 0. The van der Waals surface area contributed by atoms with Gasteiger partial charge in [0.15, 0.2) is 0 Å². The minimum Gasteiger partial charge on any atom is -0.550 e. The number of unbranched alkanes of at least 4 members (excludes halogenated alkanes) is 11. The van der Waals surface area contributed by atoms with Crippen molar-refractivity contribution in [2.24, 2.45) is 0 Å². The van der Waals surface area contributed by atoms with Crippen LogP contribution in [0.3, 0.4) is 0 Å². The Morgan fingerprint density at radius 2 is 1.05 bits per heavy atom. The monoisotopic (exact) mass is 313 g/mol. The number of carbonyl (C=O) groups is 2. The van der Waals surface area contributed by atoms with Gasteiger partial charge in [0.2, 0.25) is 0 Å². The molecular weight excluding hydrogens is 280 g/mol. The molecule has 0 atom stereocenters. The molecule has 0 aromatic heterocycles. The maximum absolute atomic E-state index is 11.1. The fraction of sp³-hybridized carbons (Fsp3) is 0.889. The van der Waals surface area contributed by atoms with E-state index in [0.717, 1.165) is 32.1 Å². The predicted octanol–water partition coefficient (Wildman–Crippen LogP) is 3.76. The van der Waals surface area contributed by atoms with E-state index in [1.807, 2.05) is 6.92 Å². The number of rotatable bonds is 16. The molecule has 0 unspecified atom stereocenters. The van der Waals surface area contributed by atoms with Crippen molar-refractivity contribution in [1.29, 1.82) is 0 Å². The summed E-state index contributed by atoms with van der Waals surface area (Å²) in [5, 5.41) is 10.2. The second kappa shape index (κ2) is 16.3. The van der Waals surface area contributed by atoms with Gasteiger partial charge in [0.05, 0.1) is 6.61 Å². The van der Waals surface area contributed by atoms with Crippen LogP contribution in [0.1, 0.15) is 96.8 Å². The van der Waals surface area contributed by atoms with Crippen LogP contribution < -0.4 is 5.11 Å². The second-order valence-corrected chi connectivity index (χ2v) is 5.92. The van der Waals surface area contributed by atoms with E-state index >= 15 is 0 Å². The normalized spacial score (nSPS) is 10.6. The minimum absolute atomic E-state index is 0.0675. The summed E-state index contributed by atoms with van der Waals surface area (Å²) in [5.74, 6) is -0.996. The first-order valence-electron chi connectivity index (χ1n) is 9.02. The van der Waals surface area contributed by atoms with E-state index in [9.17, 15) is 14.7 Å². The molecule has 0 fully saturated rings. The molecule has 0 saturated carbocycles. The zero-order valence-corrected chi connectivity index (χ0v) is 14.2. The van der Waals surface area contributed by atoms with Gasteiger partial charge < -0.3 is 14.6 Å². The lowest BCUT2D eigenvalue weighted by atomic mass is 10.0. The number of carboxylic acids is 1. The summed E-state index contributed by atoms with van der Waals surface area (Å²) in [5.41, 5.74) is 0. The fourth-order valence-corrected chi connectivity index (χ4v) is 2.54. The van der Waals surface area contributed by atoms with Gasteiger partial charge in [0.1, 0.15) is 0 Å². The van der Waals surface area contributed by atoms with Crippen molar-refractivity contribution in [3.63, 3.8) is 0 Å². The van der Waals surface area contributed by atoms with Crippen LogP contribution in [0.25, 0.3) is 0 Å². The van der Waals surface area contributed by atoms with Crippen molar-refractivity contribution in [2.45, 2.75) is 96.8 Å². The minimum atomic E-state index is -0.928. The molecule has 0 bridgehead atoms. The van der Waals surface area contributed by atoms with E-state index in [2.05, 4.69) is 0 Å². The molecule has 0 aliphatic rings. The van der Waals surface area contributed by atoms with E-state index in [0.29, 0.717) is 13.0 Å². The number of carbonyl (C=O) groups excluding carboxylic acids is 2. The third-order valence-electron chi connectivity index (χ3n) is 3.82. The van der Waals surface area contributed by atoms with Crippen LogP contribution in [0.15, 0.2) is 0 Å². The van der Waals surface area contributed by atoms with E-state index in [4.69, 9.17) is 4.74 Å². The number of ether oxygens (including phenoxy) is 1. The number of aliphatic carboxylic acids is 1. The molecular formula is C18H33O4-. The standard InChI is InChI=1S/C18H34O4/c1-2-22-18(21)16-14-12-10-8-6-4-3-5-7-9-11-13-15-17(19)20/h2-16H2,1H3,(H,19,20)/p-1. The van der Waals surface area contributed by atoms with E-state index in [1.165, 1.54) is 44.9 Å². The molecule has 0 rings (SSSR count). The molecule has 0 aromatic carbocycles. The van der Waals surface area contributed by atoms with Crippen molar-refractivity contribution in [2.75, 3.05) is 6.61 Å². The molecule has 0 radical (unpaired) electrons. The number of hydrogen-bond donors (Lipinski definition) is 0. The fourth-order valence-electron chi connectivity index (χ4n) is 2.54. The number of esters is 1. The average Bonchev–Trinajstić information content (AvgIpc) is 2.47. The molecule has 4 nitrogen and oxygen atoms in total. The van der Waals surface area contributed by atoms with Crippen LogP contribution in [-0.4, -0.2) is 18.5 Å². The molecule has 0 N–H and O–H groups in total. The molecule has 0 heterocycles. The molecule has 0 amide bonds. The predicted molar refractivity (Wildman–Crippen MR) is 86.3 cm³/mol. The summed E-state index contributed by atoms with van der Waals surface area (Å²) < 4.78 is 4.89. The highest BCUT2D eigenvalue weighted by Crippen LogP contribution is 2.13. The first kappa shape index (κ1) is 20.9. The molecule has 4 heteroatoms. The van der Waals surface area contributed by atoms with Crippen molar-refractivity contribution < 1.29 is 19.4 Å². The zero-order chi connectivity index (χ0) is 16.5. The van der Waals surface area contributed by atoms with Crippen LogP contribution >= 0.6 is 0 Å². The first-order valence-corrected chi connectivity index (χ1v) is 9.02. The Morgan fingerprint density at radius 3 is 1.41 bits per heavy atom. The summed E-state index contributed by atoms with van der Waals surface area (Å²) in [6.45, 7) is 2.32. The highest BCUT2D eigenvalue weighted by atomic mass is 16.5. The lowest BCUT2D eigenvalue weighted by molar-refractivity contribution is -0.305. The Morgan fingerprint density at radius 1 is 0.682 bits per heavy atom. The molecule has 130 valence electrons. The van der Waals surface area contributed by atoms with Crippen LogP contribution in [0.4, 0.5) is 0 Å². The van der Waals surface area contributed by atoms with Gasteiger partial charge in [-0.05, 0) is 26.2 Å². The van der Waals surface area contributed by atoms with Gasteiger partial charge in [-0.15, -0.1) is 0 Å². The molecule has 0 spiro atoms. The molecule has 0 aliphatic heterocycles. The van der Waals surface area contributed by atoms with Crippen molar-refractivity contribution in [1.82, 2.24) is 0 Å². The van der Waals surface area contributed by atoms with Crippen LogP contribution in [0, 0.1) is 0 Å². The summed E-state index contributed by atoms with van der Waals surface area (Å²) in [4.78, 5) is 21.4. The maximum Gasteiger partial charge on any atom is 0.305 e. The Bertz CT molecular complexity index is 276. The zero-order valence-electron chi connectivity index (χ0n) is 14.2. The molecule has 0 saturated heterocycles. The average molecular weight is 313 g/mol. The van der Waals surface area contributed by atoms with Crippen LogP contribution in [0.5, 0.6) is 0 Å². The van der Waals surface area contributed by atoms with Crippen molar-refractivity contribution >= 4 is 11.9 Å². The van der Waals surface area contributed by atoms with Crippen LogP contribution in [0.2, 0.25) is 0 Å². The van der Waals surface area contributed by atoms with Gasteiger partial charge in [-0.2, -0.15) is 0 Å². The highest BCUT2D eigenvalue weighted by molar-refractivity contribution is 5.69. The maximum atomic E-state index is 11.1. The summed E-state index contributed by atoms with van der Waals surface area (Å²) >= 11 is 0. The second-order valence-electron chi connectivity index (χ2n) is 5.92. The smallest absolute Gasteiger partial charge is 0.305 e. The quantitative estimate of drug-likeness (QED) is 0.321. The van der Waals surface area contributed by atoms with E-state index in [-0.39, 0.29) is 12.4 Å². The first-order chi connectivity index (χ1) is 10.7. The third kappa shape index (κ3) is 17.0. The molecule has 0 aliphatic carbocycles. The van der Waals surface area contributed by atoms with Gasteiger partial charge >= 0.3 is 5.97 Å². The number of carboxylic acid groups (broad SMARTS) is 1. The van der Waals surface area contributed by atoms with E-state index in [1.54, 1.807) is 0 Å². The number of hydrogen-bond acceptors (Lipinski definition) is 4. The lowest BCUT2D eigenvalue weighted by Crippen LogP contribution is -2.21. The largest absolute Gasteiger partial charge is 0.550 e. The van der Waals surface area contributed by atoms with Crippen molar-refractivity contribution in [3.8, 4) is 0 Å². The van der Waals surface area contributed by atoms with Gasteiger partial charge in [-0.25, -0.2) is 0 Å². The van der Waals surface area contributed by atoms with Gasteiger partial charge in [0.25, 0.3) is 0 Å². The summed E-state index contributed by atoms with van der Waals surface area (Å²) in [6.07, 6.45) is 14.5. The topological polar surface area (TPSA) is 66.4 Å². The molecule has 0 aromatic rings. The lowest BCUT2D eigenvalue weighted by Gasteiger charge is -2.04. The summed E-state index contributed by atoms with van der Waals surface area (Å²) in [7, 11) is 0. The highest BCUT2D eigenvalue weighted by Gasteiger charge is 2.00. The van der Waals surface area contributed by atoms with Gasteiger partial charge in [0, 0.05) is 12.4 Å². The van der Waals surface area contributed by atoms with E-state index < -0.39 is 5.97 Å². The van der Waals surface area contributed by atoms with Gasteiger partial charge in [-0.1, -0.05) is 64.2 Å².